The quantitative estimate of drug-likeness (QED) is 0.515. The van der Waals surface area contributed by atoms with E-state index < -0.39 is 12.8 Å². The number of hydrogen-bond donors (Lipinski definition) is 3. The Balaban J connectivity index is 1.38. The van der Waals surface area contributed by atoms with Gasteiger partial charge in [0.05, 0.1) is 5.56 Å². The number of ether oxygens (including phenoxy) is 1. The van der Waals surface area contributed by atoms with Crippen LogP contribution in [0.4, 0.5) is 13.2 Å². The van der Waals surface area contributed by atoms with Gasteiger partial charge in [0, 0.05) is 49.0 Å². The molecule has 148 valence electrons. The van der Waals surface area contributed by atoms with Crippen LogP contribution in [0.3, 0.4) is 0 Å². The van der Waals surface area contributed by atoms with Gasteiger partial charge in [0.2, 0.25) is 5.88 Å². The number of aromatic nitrogens is 2. The first-order valence-electron chi connectivity index (χ1n) is 8.62. The lowest BCUT2D eigenvalue weighted by atomic mass is 10.1. The second kappa shape index (κ2) is 8.75. The van der Waals surface area contributed by atoms with Crippen LogP contribution < -0.4 is 15.4 Å². The van der Waals surface area contributed by atoms with Gasteiger partial charge in [-0.05, 0) is 11.6 Å². The van der Waals surface area contributed by atoms with Crippen LogP contribution in [0.5, 0.6) is 5.88 Å². The second-order valence-corrected chi connectivity index (χ2v) is 6.09. The summed E-state index contributed by atoms with van der Waals surface area (Å²) in [4.78, 5) is 19.2. The third-order valence-electron chi connectivity index (χ3n) is 3.93. The summed E-state index contributed by atoms with van der Waals surface area (Å²) in [5.41, 5.74) is 2.29. The molecule has 0 aliphatic rings. The van der Waals surface area contributed by atoms with Gasteiger partial charge in [0.1, 0.15) is 0 Å². The van der Waals surface area contributed by atoms with Crippen molar-refractivity contribution in [3.05, 3.63) is 59.9 Å². The normalized spacial score (nSPS) is 11.5. The molecule has 0 atom stereocenters. The molecule has 0 unspecified atom stereocenters. The number of pyridine rings is 1. The zero-order valence-corrected chi connectivity index (χ0v) is 14.8. The Morgan fingerprint density at radius 3 is 2.71 bits per heavy atom. The molecule has 3 rings (SSSR count). The Labute approximate surface area is 159 Å². The molecule has 6 nitrogen and oxygen atoms in total. The van der Waals surface area contributed by atoms with Gasteiger partial charge in [-0.1, -0.05) is 24.3 Å². The number of rotatable bonds is 8. The van der Waals surface area contributed by atoms with E-state index in [0.717, 1.165) is 16.5 Å². The minimum Gasteiger partial charge on any atom is -0.468 e. The first-order chi connectivity index (χ1) is 13.4. The smallest absolute Gasteiger partial charge is 0.422 e. The highest BCUT2D eigenvalue weighted by atomic mass is 19.4. The molecule has 0 aliphatic heterocycles. The topological polar surface area (TPSA) is 79.0 Å². The Morgan fingerprint density at radius 1 is 1.14 bits per heavy atom. The largest absolute Gasteiger partial charge is 0.468 e. The molecule has 0 spiro atoms. The van der Waals surface area contributed by atoms with E-state index >= 15 is 0 Å². The van der Waals surface area contributed by atoms with Crippen molar-refractivity contribution in [2.24, 2.45) is 0 Å². The van der Waals surface area contributed by atoms with E-state index in [4.69, 9.17) is 0 Å². The van der Waals surface area contributed by atoms with Crippen molar-refractivity contribution in [2.45, 2.75) is 12.7 Å². The SMILES string of the molecule is O=C(NCCNCc1ccc(OCC(F)(F)F)nc1)c1c[nH]c2ccccc12. The average molecular weight is 392 g/mol. The summed E-state index contributed by atoms with van der Waals surface area (Å²) in [5.74, 6) is -0.237. The van der Waals surface area contributed by atoms with Crippen LogP contribution in [0.15, 0.2) is 48.8 Å². The number of fused-ring (bicyclic) bond motifs is 1. The van der Waals surface area contributed by atoms with E-state index in [9.17, 15) is 18.0 Å². The van der Waals surface area contributed by atoms with E-state index in [0.29, 0.717) is 25.2 Å². The maximum absolute atomic E-state index is 12.3. The molecule has 0 saturated carbocycles. The number of H-pyrrole nitrogens is 1. The number of hydrogen-bond acceptors (Lipinski definition) is 4. The number of para-hydroxylation sites is 1. The van der Waals surface area contributed by atoms with Gasteiger partial charge in [-0.25, -0.2) is 4.98 Å². The zero-order chi connectivity index (χ0) is 20.0. The molecule has 2 aromatic heterocycles. The molecule has 9 heteroatoms. The Bertz CT molecular complexity index is 923. The molecule has 2 heterocycles. The predicted molar refractivity (Wildman–Crippen MR) is 98.1 cm³/mol. The lowest BCUT2D eigenvalue weighted by Crippen LogP contribution is -2.31. The third-order valence-corrected chi connectivity index (χ3v) is 3.93. The lowest BCUT2D eigenvalue weighted by Gasteiger charge is -2.09. The summed E-state index contributed by atoms with van der Waals surface area (Å²) in [6, 6.07) is 10.6. The maximum atomic E-state index is 12.3. The van der Waals surface area contributed by atoms with Crippen LogP contribution >= 0.6 is 0 Å². The van der Waals surface area contributed by atoms with Gasteiger partial charge in [0.25, 0.3) is 5.91 Å². The van der Waals surface area contributed by atoms with Crippen molar-refractivity contribution in [1.29, 1.82) is 0 Å². The van der Waals surface area contributed by atoms with Crippen LogP contribution in [0.1, 0.15) is 15.9 Å². The number of carbonyl (C=O) groups excluding carboxylic acids is 1. The van der Waals surface area contributed by atoms with Gasteiger partial charge < -0.3 is 20.4 Å². The van der Waals surface area contributed by atoms with E-state index in [1.807, 2.05) is 24.3 Å². The van der Waals surface area contributed by atoms with Crippen LogP contribution in [0.2, 0.25) is 0 Å². The molecule has 1 amide bonds. The Kier molecular flexibility index (Phi) is 6.15. The van der Waals surface area contributed by atoms with E-state index in [1.165, 1.54) is 12.3 Å². The van der Waals surface area contributed by atoms with E-state index in [1.54, 1.807) is 12.3 Å². The van der Waals surface area contributed by atoms with E-state index in [2.05, 4.69) is 25.3 Å². The average Bonchev–Trinajstić information content (AvgIpc) is 3.10. The highest BCUT2D eigenvalue weighted by molar-refractivity contribution is 6.06. The van der Waals surface area contributed by atoms with Gasteiger partial charge in [0.15, 0.2) is 6.61 Å². The van der Waals surface area contributed by atoms with E-state index in [-0.39, 0.29) is 11.8 Å². The second-order valence-electron chi connectivity index (χ2n) is 6.09. The predicted octanol–water partition coefficient (Wildman–Crippen LogP) is 3.02. The van der Waals surface area contributed by atoms with Crippen LogP contribution in [0.25, 0.3) is 10.9 Å². The fourth-order valence-electron chi connectivity index (χ4n) is 2.61. The molecule has 0 bridgehead atoms. The molecule has 3 aromatic rings. The standard InChI is InChI=1S/C19H19F3N4O2/c20-19(21,22)12-28-17-6-5-13(10-26-17)9-23-7-8-24-18(27)15-11-25-16-4-2-1-3-14(15)16/h1-6,10-11,23,25H,7-9,12H2,(H,24,27). The molecular weight excluding hydrogens is 373 g/mol. The molecule has 28 heavy (non-hydrogen) atoms. The molecule has 0 radical (unpaired) electrons. The summed E-state index contributed by atoms with van der Waals surface area (Å²) < 4.78 is 40.8. The zero-order valence-electron chi connectivity index (χ0n) is 14.8. The number of nitrogens with zero attached hydrogens (tertiary/aromatic N) is 1. The number of alkyl halides is 3. The van der Waals surface area contributed by atoms with Crippen molar-refractivity contribution in [3.8, 4) is 5.88 Å². The Hall–Kier alpha value is -3.07. The third kappa shape index (κ3) is 5.46. The first kappa shape index (κ1) is 19.7. The maximum Gasteiger partial charge on any atom is 0.422 e. The van der Waals surface area contributed by atoms with Crippen molar-refractivity contribution < 1.29 is 22.7 Å². The Morgan fingerprint density at radius 2 is 1.96 bits per heavy atom. The number of benzene rings is 1. The number of amides is 1. The minimum absolute atomic E-state index is 0.0768. The summed E-state index contributed by atoms with van der Waals surface area (Å²) in [7, 11) is 0. The van der Waals surface area contributed by atoms with Crippen molar-refractivity contribution in [3.63, 3.8) is 0 Å². The number of nitrogens with one attached hydrogen (secondary N) is 3. The van der Waals surface area contributed by atoms with Crippen molar-refractivity contribution in [1.82, 2.24) is 20.6 Å². The number of aromatic amines is 1. The summed E-state index contributed by atoms with van der Waals surface area (Å²) >= 11 is 0. The van der Waals surface area contributed by atoms with Gasteiger partial charge in [-0.3, -0.25) is 4.79 Å². The number of halogens is 3. The van der Waals surface area contributed by atoms with Crippen molar-refractivity contribution in [2.75, 3.05) is 19.7 Å². The minimum atomic E-state index is -4.39. The van der Waals surface area contributed by atoms with Gasteiger partial charge in [-0.2, -0.15) is 13.2 Å². The summed E-state index contributed by atoms with van der Waals surface area (Å²) in [6.07, 6.45) is -1.26. The summed E-state index contributed by atoms with van der Waals surface area (Å²) in [6.45, 7) is 0.0577. The number of carbonyl (C=O) groups is 1. The molecular formula is C19H19F3N4O2. The first-order valence-corrected chi connectivity index (χ1v) is 8.62. The summed E-state index contributed by atoms with van der Waals surface area (Å²) in [5, 5.41) is 6.84. The molecule has 0 aliphatic carbocycles. The highest BCUT2D eigenvalue weighted by Crippen LogP contribution is 2.18. The lowest BCUT2D eigenvalue weighted by molar-refractivity contribution is -0.154. The molecule has 0 fully saturated rings. The fourth-order valence-corrected chi connectivity index (χ4v) is 2.61. The van der Waals surface area contributed by atoms with Gasteiger partial charge >= 0.3 is 6.18 Å². The molecule has 1 aromatic carbocycles. The van der Waals surface area contributed by atoms with Crippen LogP contribution in [0, 0.1) is 0 Å². The van der Waals surface area contributed by atoms with Crippen LogP contribution in [-0.4, -0.2) is 41.7 Å². The van der Waals surface area contributed by atoms with Gasteiger partial charge in [-0.15, -0.1) is 0 Å². The highest BCUT2D eigenvalue weighted by Gasteiger charge is 2.28. The molecule has 0 saturated heterocycles. The monoisotopic (exact) mass is 392 g/mol. The fraction of sp³-hybridized carbons (Fsp3) is 0.263. The van der Waals surface area contributed by atoms with Crippen molar-refractivity contribution >= 4 is 16.8 Å². The molecule has 3 N–H and O–H groups in total. The van der Waals surface area contributed by atoms with Crippen LogP contribution in [-0.2, 0) is 6.54 Å².